The highest BCUT2D eigenvalue weighted by Gasteiger charge is 2.11. The van der Waals surface area contributed by atoms with Gasteiger partial charge in [-0.1, -0.05) is 6.07 Å². The lowest BCUT2D eigenvalue weighted by Gasteiger charge is -2.10. The molecule has 1 N–H and O–H groups in total. The Bertz CT molecular complexity index is 744. The minimum absolute atomic E-state index is 0.170. The second-order valence-corrected chi connectivity index (χ2v) is 6.03. The molecule has 0 aliphatic heterocycles. The summed E-state index contributed by atoms with van der Waals surface area (Å²) in [6.07, 6.45) is 0. The summed E-state index contributed by atoms with van der Waals surface area (Å²) in [5, 5.41) is 6.47. The molecule has 0 amide bonds. The van der Waals surface area contributed by atoms with Crippen LogP contribution in [0.5, 0.6) is 0 Å². The lowest BCUT2D eigenvalue weighted by atomic mass is 10.1. The minimum Gasteiger partial charge on any atom is -0.460 e. The normalized spacial score (nSPS) is 11.0. The van der Waals surface area contributed by atoms with E-state index >= 15 is 0 Å². The van der Waals surface area contributed by atoms with Crippen molar-refractivity contribution in [3.05, 3.63) is 34.7 Å². The van der Waals surface area contributed by atoms with Crippen LogP contribution in [0.4, 0.5) is 0 Å². The van der Waals surface area contributed by atoms with Crippen LogP contribution in [0.2, 0.25) is 0 Å². The van der Waals surface area contributed by atoms with Gasteiger partial charge in [-0.2, -0.15) is 0 Å². The number of carbonyl (C=O) groups is 1. The van der Waals surface area contributed by atoms with Crippen molar-refractivity contribution in [2.75, 3.05) is 53.7 Å². The topological polar surface area (TPSA) is 89.8 Å². The maximum absolute atomic E-state index is 12.1. The van der Waals surface area contributed by atoms with Gasteiger partial charge in [0, 0.05) is 12.1 Å². The molecule has 0 saturated carbocycles. The average molecular weight is 381 g/mol. The number of benzene rings is 1. The van der Waals surface area contributed by atoms with Gasteiger partial charge in [-0.3, -0.25) is 0 Å². The maximum Gasteiger partial charge on any atom is 0.338 e. The van der Waals surface area contributed by atoms with Gasteiger partial charge in [0.15, 0.2) is 0 Å². The van der Waals surface area contributed by atoms with Gasteiger partial charge in [-0.15, -0.1) is 5.10 Å². The second kappa shape index (κ2) is 10.8. The highest BCUT2D eigenvalue weighted by molar-refractivity contribution is 7.71. The number of hydrogen-bond donors (Lipinski definition) is 1. The van der Waals surface area contributed by atoms with Crippen LogP contribution >= 0.6 is 12.2 Å². The Morgan fingerprint density at radius 2 is 1.92 bits per heavy atom. The van der Waals surface area contributed by atoms with Crippen molar-refractivity contribution in [2.45, 2.75) is 0 Å². The van der Waals surface area contributed by atoms with E-state index in [1.54, 1.807) is 24.3 Å². The first-order valence-corrected chi connectivity index (χ1v) is 8.60. The number of rotatable bonds is 11. The number of ether oxygens (including phenoxy) is 3. The number of hydrogen-bond acceptors (Lipinski definition) is 8. The Hall–Kier alpha value is -2.07. The first-order valence-electron chi connectivity index (χ1n) is 8.19. The zero-order valence-electron chi connectivity index (χ0n) is 14.9. The van der Waals surface area contributed by atoms with Crippen LogP contribution in [0, 0.1) is 4.84 Å². The zero-order chi connectivity index (χ0) is 18.8. The smallest absolute Gasteiger partial charge is 0.338 e. The number of aromatic amines is 1. The first kappa shape index (κ1) is 20.2. The third-order valence-corrected chi connectivity index (χ3v) is 3.47. The molecule has 0 unspecified atom stereocenters. The van der Waals surface area contributed by atoms with Gasteiger partial charge in [-0.05, 0) is 44.5 Å². The van der Waals surface area contributed by atoms with E-state index in [1.165, 1.54) is 0 Å². The van der Waals surface area contributed by atoms with Gasteiger partial charge in [0.05, 0.1) is 32.0 Å². The van der Waals surface area contributed by atoms with Crippen molar-refractivity contribution in [1.29, 1.82) is 0 Å². The van der Waals surface area contributed by atoms with Crippen molar-refractivity contribution in [3.63, 3.8) is 0 Å². The van der Waals surface area contributed by atoms with E-state index in [2.05, 4.69) is 10.2 Å². The number of aromatic nitrogens is 2. The predicted octanol–water partition coefficient (Wildman–Crippen LogP) is 2.15. The number of nitrogens with zero attached hydrogens (tertiary/aromatic N) is 2. The summed E-state index contributed by atoms with van der Waals surface area (Å²) in [6.45, 7) is 3.00. The summed E-state index contributed by atoms with van der Waals surface area (Å²) < 4.78 is 21.2. The molecule has 1 heterocycles. The van der Waals surface area contributed by atoms with Gasteiger partial charge in [0.2, 0.25) is 5.89 Å². The monoisotopic (exact) mass is 381 g/mol. The van der Waals surface area contributed by atoms with Crippen LogP contribution in [0.15, 0.2) is 28.7 Å². The van der Waals surface area contributed by atoms with Crippen LogP contribution in [-0.2, 0) is 14.2 Å². The maximum atomic E-state index is 12.1. The lowest BCUT2D eigenvalue weighted by Crippen LogP contribution is -2.19. The Balaban J connectivity index is 1.66. The lowest BCUT2D eigenvalue weighted by molar-refractivity contribution is 0.0130. The Morgan fingerprint density at radius 3 is 2.62 bits per heavy atom. The van der Waals surface area contributed by atoms with E-state index < -0.39 is 5.97 Å². The molecule has 0 spiro atoms. The number of H-pyrrole nitrogens is 1. The van der Waals surface area contributed by atoms with E-state index in [0.29, 0.717) is 43.4 Å². The van der Waals surface area contributed by atoms with Crippen LogP contribution in [-0.4, -0.2) is 74.7 Å². The molecule has 142 valence electrons. The van der Waals surface area contributed by atoms with Crippen molar-refractivity contribution < 1.29 is 23.4 Å². The molecule has 8 nitrogen and oxygen atoms in total. The molecule has 0 atom stereocenters. The average Bonchev–Trinajstić information content (AvgIpc) is 3.06. The molecule has 0 radical (unpaired) electrons. The fraction of sp³-hybridized carbons (Fsp3) is 0.471. The summed E-state index contributed by atoms with van der Waals surface area (Å²) in [4.78, 5) is 14.3. The number of likely N-dealkylation sites (N-methyl/N-ethyl adjacent to an activating group) is 1. The van der Waals surface area contributed by atoms with Crippen LogP contribution in [0.3, 0.4) is 0 Å². The Kier molecular flexibility index (Phi) is 8.42. The Morgan fingerprint density at radius 1 is 1.19 bits per heavy atom. The molecule has 1 aromatic heterocycles. The summed E-state index contributed by atoms with van der Waals surface area (Å²) in [5.74, 6) is -0.117. The molecule has 1 aromatic carbocycles. The molecule has 0 fully saturated rings. The quantitative estimate of drug-likeness (QED) is 0.360. The molecule has 9 heteroatoms. The number of carbonyl (C=O) groups excluding carboxylic acids is 1. The molecule has 0 aliphatic rings. The fourth-order valence-corrected chi connectivity index (χ4v) is 2.10. The molecule has 0 bridgehead atoms. The predicted molar refractivity (Wildman–Crippen MR) is 97.6 cm³/mol. The molecular formula is C17H23N3O5S. The SMILES string of the molecule is CN(C)CCOCCOCCOC(=O)c1cccc(-c2n[nH]c(=S)o2)c1. The summed E-state index contributed by atoms with van der Waals surface area (Å²) >= 11 is 4.84. The minimum atomic E-state index is -0.438. The van der Waals surface area contributed by atoms with E-state index in [-0.39, 0.29) is 11.4 Å². The van der Waals surface area contributed by atoms with E-state index in [4.69, 9.17) is 30.8 Å². The van der Waals surface area contributed by atoms with Crippen LogP contribution < -0.4 is 0 Å². The van der Waals surface area contributed by atoms with Gasteiger partial charge >= 0.3 is 5.97 Å². The van der Waals surface area contributed by atoms with Crippen LogP contribution in [0.1, 0.15) is 10.4 Å². The third kappa shape index (κ3) is 7.04. The Labute approximate surface area is 157 Å². The molecule has 2 aromatic rings. The van der Waals surface area contributed by atoms with Crippen molar-refractivity contribution >= 4 is 18.2 Å². The first-order chi connectivity index (χ1) is 12.6. The van der Waals surface area contributed by atoms with E-state index in [1.807, 2.05) is 19.0 Å². The van der Waals surface area contributed by atoms with E-state index in [0.717, 1.165) is 6.54 Å². The third-order valence-electron chi connectivity index (χ3n) is 3.30. The van der Waals surface area contributed by atoms with Crippen molar-refractivity contribution in [1.82, 2.24) is 15.1 Å². The standard InChI is InChI=1S/C17H23N3O5S/c1-20(2)6-7-22-8-9-23-10-11-24-16(21)14-5-3-4-13(12-14)15-18-19-17(26)25-15/h3-5,12H,6-11H2,1-2H3,(H,19,26). The zero-order valence-corrected chi connectivity index (χ0v) is 15.7. The number of esters is 1. The summed E-state index contributed by atoms with van der Waals surface area (Å²) in [5.41, 5.74) is 1.04. The van der Waals surface area contributed by atoms with Gasteiger partial charge in [-0.25, -0.2) is 9.89 Å². The second-order valence-electron chi connectivity index (χ2n) is 5.66. The van der Waals surface area contributed by atoms with Gasteiger partial charge in [0.25, 0.3) is 4.84 Å². The van der Waals surface area contributed by atoms with Gasteiger partial charge < -0.3 is 23.5 Å². The summed E-state index contributed by atoms with van der Waals surface area (Å²) in [7, 11) is 3.98. The molecule has 0 aliphatic carbocycles. The van der Waals surface area contributed by atoms with E-state index in [9.17, 15) is 4.79 Å². The van der Waals surface area contributed by atoms with Crippen molar-refractivity contribution in [2.24, 2.45) is 0 Å². The van der Waals surface area contributed by atoms with Crippen LogP contribution in [0.25, 0.3) is 11.5 Å². The molecule has 2 rings (SSSR count). The van der Waals surface area contributed by atoms with Gasteiger partial charge in [0.1, 0.15) is 6.61 Å². The largest absolute Gasteiger partial charge is 0.460 e. The number of nitrogens with one attached hydrogen (secondary N) is 1. The summed E-state index contributed by atoms with van der Waals surface area (Å²) in [6, 6.07) is 6.79. The molecule has 26 heavy (non-hydrogen) atoms. The van der Waals surface area contributed by atoms with Crippen molar-refractivity contribution in [3.8, 4) is 11.5 Å². The highest BCUT2D eigenvalue weighted by atomic mass is 32.1. The molecular weight excluding hydrogens is 358 g/mol. The highest BCUT2D eigenvalue weighted by Crippen LogP contribution is 2.18. The molecule has 0 saturated heterocycles. The fourth-order valence-electron chi connectivity index (χ4n) is 1.98.